The van der Waals surface area contributed by atoms with Crippen LogP contribution in [0.3, 0.4) is 0 Å². The highest BCUT2D eigenvalue weighted by atomic mass is 16.6. The second-order valence-corrected chi connectivity index (χ2v) is 8.86. The van der Waals surface area contributed by atoms with Crippen LogP contribution in [0.4, 0.5) is 5.82 Å². The van der Waals surface area contributed by atoms with Crippen LogP contribution in [0.5, 0.6) is 5.75 Å². The number of aliphatic hydroxyl groups is 2. The molecule has 12 heteroatoms. The van der Waals surface area contributed by atoms with Gasteiger partial charge < -0.3 is 30.5 Å². The van der Waals surface area contributed by atoms with E-state index in [4.69, 9.17) is 15.2 Å². The number of carbonyl (C=O) groups excluding carboxylic acids is 1. The molecule has 0 radical (unpaired) electrons. The molecule has 1 aliphatic heterocycles. The zero-order valence-electron chi connectivity index (χ0n) is 20.0. The minimum absolute atomic E-state index is 0.0233. The van der Waals surface area contributed by atoms with Gasteiger partial charge in [0.1, 0.15) is 42.5 Å². The number of nitrogen functional groups attached to an aromatic ring is 1. The number of hydrogen-bond donors (Lipinski definition) is 4. The molecule has 2 aromatic heterocycles. The second kappa shape index (κ2) is 10.5. The van der Waals surface area contributed by atoms with Gasteiger partial charge in [0.15, 0.2) is 23.5 Å². The highest BCUT2D eigenvalue weighted by Gasteiger charge is 2.44. The third-order valence-corrected chi connectivity index (χ3v) is 6.41. The summed E-state index contributed by atoms with van der Waals surface area (Å²) in [4.78, 5) is 36.2. The Hall–Kier alpha value is -4.39. The van der Waals surface area contributed by atoms with Crippen LogP contribution in [0, 0.1) is 0 Å². The Labute approximate surface area is 216 Å². The van der Waals surface area contributed by atoms with E-state index in [0.29, 0.717) is 23.3 Å². The predicted octanol–water partition coefficient (Wildman–Crippen LogP) is 1.62. The molecule has 0 spiro atoms. The Balaban J connectivity index is 1.21. The number of hydrogen-bond acceptors (Lipinski definition) is 10. The number of aromatic nitrogens is 4. The summed E-state index contributed by atoms with van der Waals surface area (Å²) in [6.07, 6.45) is -1.09. The third kappa shape index (κ3) is 4.92. The van der Waals surface area contributed by atoms with E-state index in [9.17, 15) is 24.9 Å². The summed E-state index contributed by atoms with van der Waals surface area (Å²) in [6.45, 7) is -0.0488. The first-order valence-electron chi connectivity index (χ1n) is 11.9. The van der Waals surface area contributed by atoms with Crippen LogP contribution >= 0.6 is 0 Å². The van der Waals surface area contributed by atoms with Crippen molar-refractivity contribution in [2.75, 3.05) is 12.3 Å². The molecular formula is C26H25N5O7. The molecule has 1 saturated heterocycles. The van der Waals surface area contributed by atoms with E-state index in [2.05, 4.69) is 15.0 Å². The second-order valence-electron chi connectivity index (χ2n) is 8.86. The van der Waals surface area contributed by atoms with E-state index in [1.54, 1.807) is 30.3 Å². The molecule has 0 amide bonds. The van der Waals surface area contributed by atoms with Crippen LogP contribution < -0.4 is 10.5 Å². The Morgan fingerprint density at radius 2 is 1.82 bits per heavy atom. The summed E-state index contributed by atoms with van der Waals surface area (Å²) in [5.74, 6) is -0.736. The summed E-state index contributed by atoms with van der Waals surface area (Å²) in [6, 6.07) is 13.2. The Morgan fingerprint density at radius 3 is 2.61 bits per heavy atom. The Morgan fingerprint density at radius 1 is 1.03 bits per heavy atom. The zero-order chi connectivity index (χ0) is 26.8. The average molecular weight is 520 g/mol. The van der Waals surface area contributed by atoms with E-state index in [-0.39, 0.29) is 35.8 Å². The fraction of sp³-hybridized carbons (Fsp3) is 0.269. The van der Waals surface area contributed by atoms with Gasteiger partial charge in [-0.2, -0.15) is 0 Å². The van der Waals surface area contributed by atoms with Crippen molar-refractivity contribution >= 4 is 28.7 Å². The summed E-state index contributed by atoms with van der Waals surface area (Å²) in [5, 5.41) is 30.5. The normalized spacial score (nSPS) is 21.0. The molecule has 0 bridgehead atoms. The quantitative estimate of drug-likeness (QED) is 0.236. The topological polar surface area (TPSA) is 183 Å². The number of carboxylic acid groups (broad SMARTS) is 1. The fourth-order valence-electron chi connectivity index (χ4n) is 4.43. The van der Waals surface area contributed by atoms with Crippen molar-refractivity contribution in [1.29, 1.82) is 0 Å². The molecule has 38 heavy (non-hydrogen) atoms. The zero-order valence-corrected chi connectivity index (χ0v) is 20.0. The lowest BCUT2D eigenvalue weighted by molar-refractivity contribution is -0.0474. The Kier molecular flexibility index (Phi) is 7.01. The maximum absolute atomic E-state index is 12.6. The fourth-order valence-corrected chi connectivity index (χ4v) is 4.43. The molecule has 1 aliphatic rings. The first-order chi connectivity index (χ1) is 18.3. The summed E-state index contributed by atoms with van der Waals surface area (Å²) in [7, 11) is 0. The number of nitrogens with two attached hydrogens (primary N) is 1. The van der Waals surface area contributed by atoms with Gasteiger partial charge >= 0.3 is 5.97 Å². The average Bonchev–Trinajstić information content (AvgIpc) is 3.48. The van der Waals surface area contributed by atoms with E-state index in [0.717, 1.165) is 5.56 Å². The summed E-state index contributed by atoms with van der Waals surface area (Å²) < 4.78 is 13.2. The monoisotopic (exact) mass is 519 g/mol. The number of anilines is 1. The molecule has 5 N–H and O–H groups in total. The Bertz CT molecular complexity index is 1490. The van der Waals surface area contributed by atoms with Crippen LogP contribution in [0.1, 0.15) is 38.9 Å². The molecule has 0 saturated carbocycles. The number of aromatic carboxylic acids is 1. The van der Waals surface area contributed by atoms with Gasteiger partial charge in [-0.15, -0.1) is 0 Å². The minimum atomic E-state index is -1.26. The molecule has 0 aliphatic carbocycles. The van der Waals surface area contributed by atoms with E-state index >= 15 is 0 Å². The molecule has 12 nitrogen and oxygen atoms in total. The molecule has 5 rings (SSSR count). The third-order valence-electron chi connectivity index (χ3n) is 6.41. The standard InChI is InChI=1S/C26H25N5O7/c27-23-20-24(29-12-28-23)31(13-30-20)25-22(34)21(33)19(38-25)11-37-15-5-3-4-14(10-15)8-9-18(32)16-6-1-2-7-17(16)26(35)36/h1-7,10,12-13,19,21-22,25,33-34H,8-9,11H2,(H,35,36)(H2,27,28,29)/t19-,21-,22-,25-/m1/s1. The van der Waals surface area contributed by atoms with E-state index < -0.39 is 30.5 Å². The van der Waals surface area contributed by atoms with Gasteiger partial charge in [0.2, 0.25) is 0 Å². The first kappa shape index (κ1) is 25.3. The minimum Gasteiger partial charge on any atom is -0.491 e. The van der Waals surface area contributed by atoms with Gasteiger partial charge in [0, 0.05) is 12.0 Å². The van der Waals surface area contributed by atoms with E-state index in [1.807, 2.05) is 6.07 Å². The molecule has 4 atom stereocenters. The highest BCUT2D eigenvalue weighted by molar-refractivity contribution is 6.05. The van der Waals surface area contributed by atoms with Crippen molar-refractivity contribution in [1.82, 2.24) is 19.5 Å². The number of ketones is 1. The molecular weight excluding hydrogens is 494 g/mol. The van der Waals surface area contributed by atoms with Crippen LogP contribution in [0.25, 0.3) is 11.2 Å². The number of ether oxygens (including phenoxy) is 2. The first-order valence-corrected chi connectivity index (χ1v) is 11.9. The smallest absolute Gasteiger partial charge is 0.336 e. The number of rotatable bonds is 9. The van der Waals surface area contributed by atoms with Crippen LogP contribution in [-0.2, 0) is 11.2 Å². The van der Waals surface area contributed by atoms with Gasteiger partial charge in [-0.25, -0.2) is 19.7 Å². The number of fused-ring (bicyclic) bond motifs is 1. The van der Waals surface area contributed by atoms with Crippen molar-refractivity contribution in [3.8, 4) is 5.75 Å². The van der Waals surface area contributed by atoms with Crippen LogP contribution in [0.15, 0.2) is 61.2 Å². The summed E-state index contributed by atoms with van der Waals surface area (Å²) in [5.41, 5.74) is 7.52. The van der Waals surface area contributed by atoms with E-state index in [1.165, 1.54) is 29.4 Å². The van der Waals surface area contributed by atoms with Gasteiger partial charge in [-0.1, -0.05) is 30.3 Å². The number of carboxylic acids is 1. The maximum atomic E-state index is 12.6. The van der Waals surface area contributed by atoms with Gasteiger partial charge in [-0.05, 0) is 30.2 Å². The van der Waals surface area contributed by atoms with Crippen molar-refractivity contribution < 1.29 is 34.4 Å². The molecule has 4 aromatic rings. The molecule has 2 aromatic carbocycles. The SMILES string of the molecule is Nc1ncnc2c1ncn2[C@@H]1O[C@H](COc2cccc(CCC(=O)c3ccccc3C(=O)O)c2)[C@@H](O)[C@H]1O. The maximum Gasteiger partial charge on any atom is 0.336 e. The van der Waals surface area contributed by atoms with Crippen LogP contribution in [-0.4, -0.2) is 71.5 Å². The number of carbonyl (C=O) groups is 2. The number of aliphatic hydroxyl groups excluding tert-OH is 2. The van der Waals surface area contributed by atoms with Gasteiger partial charge in [0.05, 0.1) is 11.9 Å². The van der Waals surface area contributed by atoms with Gasteiger partial charge in [0.25, 0.3) is 0 Å². The lowest BCUT2D eigenvalue weighted by Gasteiger charge is -2.16. The largest absolute Gasteiger partial charge is 0.491 e. The number of imidazole rings is 1. The van der Waals surface area contributed by atoms with Crippen LogP contribution in [0.2, 0.25) is 0 Å². The predicted molar refractivity (Wildman–Crippen MR) is 134 cm³/mol. The molecule has 196 valence electrons. The molecule has 3 heterocycles. The lowest BCUT2D eigenvalue weighted by atomic mass is 9.98. The van der Waals surface area contributed by atoms with Crippen molar-refractivity contribution in [2.45, 2.75) is 37.4 Å². The van der Waals surface area contributed by atoms with Crippen molar-refractivity contribution in [2.24, 2.45) is 0 Å². The van der Waals surface area contributed by atoms with Crippen molar-refractivity contribution in [3.63, 3.8) is 0 Å². The molecule has 0 unspecified atom stereocenters. The number of Topliss-reactive ketones (excluding diaryl/α,β-unsaturated/α-hetero) is 1. The summed E-state index contributed by atoms with van der Waals surface area (Å²) >= 11 is 0. The number of benzene rings is 2. The lowest BCUT2D eigenvalue weighted by Crippen LogP contribution is -2.34. The van der Waals surface area contributed by atoms with Crippen molar-refractivity contribution in [3.05, 3.63) is 77.9 Å². The number of nitrogens with zero attached hydrogens (tertiary/aromatic N) is 4. The highest BCUT2D eigenvalue weighted by Crippen LogP contribution is 2.32. The van der Waals surface area contributed by atoms with Gasteiger partial charge in [-0.3, -0.25) is 9.36 Å². The molecule has 1 fully saturated rings. The number of aryl methyl sites for hydroxylation is 1.